The molecule has 1 unspecified atom stereocenters. The van der Waals surface area contributed by atoms with Crippen LogP contribution in [0.2, 0.25) is 0 Å². The molecule has 2 N–H and O–H groups in total. The Morgan fingerprint density at radius 1 is 1.29 bits per heavy atom. The van der Waals surface area contributed by atoms with Crippen LogP contribution in [-0.2, 0) is 0 Å². The predicted molar refractivity (Wildman–Crippen MR) is 88.5 cm³/mol. The third-order valence-electron chi connectivity index (χ3n) is 3.84. The van der Waals surface area contributed by atoms with E-state index in [1.807, 2.05) is 6.07 Å². The first-order valence-corrected chi connectivity index (χ1v) is 7.87. The molecule has 0 aliphatic heterocycles. The molecule has 1 atom stereocenters. The number of hydrogen-bond acceptors (Lipinski definition) is 4. The Labute approximate surface area is 140 Å². The Bertz CT molecular complexity index is 761. The molecule has 0 heterocycles. The number of ether oxygens (including phenoxy) is 1. The molecule has 1 aliphatic carbocycles. The van der Waals surface area contributed by atoms with Crippen molar-refractivity contribution in [1.82, 2.24) is 5.32 Å². The smallest absolute Gasteiger partial charge is 0.251 e. The summed E-state index contributed by atoms with van der Waals surface area (Å²) in [5, 5.41) is 21.9. The average molecular weight is 322 g/mol. The first-order valence-electron chi connectivity index (χ1n) is 7.87. The molecule has 2 aromatic carbocycles. The van der Waals surface area contributed by atoms with Gasteiger partial charge in [0.25, 0.3) is 5.91 Å². The van der Waals surface area contributed by atoms with E-state index < -0.39 is 6.10 Å². The fraction of sp³-hybridized carbons (Fsp3) is 0.263. The van der Waals surface area contributed by atoms with Crippen LogP contribution in [0, 0.1) is 11.3 Å². The van der Waals surface area contributed by atoms with Gasteiger partial charge in [-0.15, -0.1) is 0 Å². The van der Waals surface area contributed by atoms with Crippen molar-refractivity contribution in [3.8, 4) is 11.8 Å². The molecule has 0 aromatic heterocycles. The summed E-state index contributed by atoms with van der Waals surface area (Å²) in [6.45, 7) is 0.0690. The molecule has 0 radical (unpaired) electrons. The van der Waals surface area contributed by atoms with Crippen LogP contribution in [0.15, 0.2) is 48.5 Å². The third-order valence-corrected chi connectivity index (χ3v) is 3.84. The predicted octanol–water partition coefficient (Wildman–Crippen LogP) is 2.56. The normalized spacial score (nSPS) is 14.5. The Kier molecular flexibility index (Phi) is 4.78. The maximum Gasteiger partial charge on any atom is 0.251 e. The van der Waals surface area contributed by atoms with Crippen molar-refractivity contribution in [3.05, 3.63) is 65.2 Å². The van der Waals surface area contributed by atoms with Gasteiger partial charge in [-0.25, -0.2) is 0 Å². The molecule has 0 bridgehead atoms. The minimum absolute atomic E-state index is 0.0690. The number of amides is 1. The summed E-state index contributed by atoms with van der Waals surface area (Å²) < 4.78 is 5.60. The maximum atomic E-state index is 12.0. The van der Waals surface area contributed by atoms with Gasteiger partial charge in [0.15, 0.2) is 0 Å². The van der Waals surface area contributed by atoms with Crippen molar-refractivity contribution in [2.75, 3.05) is 6.61 Å². The molecule has 24 heavy (non-hydrogen) atoms. The van der Waals surface area contributed by atoms with Gasteiger partial charge in [0.1, 0.15) is 18.5 Å². The number of nitrogens with zero attached hydrogens (tertiary/aromatic N) is 1. The van der Waals surface area contributed by atoms with Crippen molar-refractivity contribution in [2.24, 2.45) is 0 Å². The van der Waals surface area contributed by atoms with E-state index in [0.29, 0.717) is 28.5 Å². The van der Waals surface area contributed by atoms with Gasteiger partial charge in [-0.05, 0) is 48.7 Å². The molecule has 1 amide bonds. The molecule has 1 fully saturated rings. The summed E-state index contributed by atoms with van der Waals surface area (Å²) in [6, 6.07) is 16.0. The molecular formula is C19H18N2O3. The fourth-order valence-electron chi connectivity index (χ4n) is 2.27. The second kappa shape index (κ2) is 7.16. The number of aliphatic hydroxyl groups excluding tert-OH is 1. The van der Waals surface area contributed by atoms with Gasteiger partial charge < -0.3 is 15.2 Å². The van der Waals surface area contributed by atoms with Crippen molar-refractivity contribution in [1.29, 1.82) is 5.26 Å². The average Bonchev–Trinajstić information content (AvgIpc) is 3.44. The first kappa shape index (κ1) is 16.0. The summed E-state index contributed by atoms with van der Waals surface area (Å²) in [6.07, 6.45) is 1.28. The monoisotopic (exact) mass is 322 g/mol. The van der Waals surface area contributed by atoms with E-state index in [-0.39, 0.29) is 12.5 Å². The number of nitriles is 1. The highest BCUT2D eigenvalue weighted by atomic mass is 16.5. The minimum atomic E-state index is -0.804. The molecule has 1 saturated carbocycles. The summed E-state index contributed by atoms with van der Waals surface area (Å²) in [4.78, 5) is 12.0. The Balaban J connectivity index is 1.59. The summed E-state index contributed by atoms with van der Waals surface area (Å²) in [5.41, 5.74) is 1.77. The summed E-state index contributed by atoms with van der Waals surface area (Å²) in [5.74, 6) is 0.432. The van der Waals surface area contributed by atoms with E-state index in [4.69, 9.17) is 10.00 Å². The van der Waals surface area contributed by atoms with Gasteiger partial charge in [0.05, 0.1) is 11.6 Å². The number of hydrogen-bond donors (Lipinski definition) is 2. The van der Waals surface area contributed by atoms with Gasteiger partial charge in [-0.3, -0.25) is 4.79 Å². The number of benzene rings is 2. The Morgan fingerprint density at radius 3 is 2.71 bits per heavy atom. The van der Waals surface area contributed by atoms with Crippen LogP contribution < -0.4 is 10.1 Å². The standard InChI is InChI=1S/C19H18N2O3/c20-11-13-4-6-14(7-5-13)18(22)12-24-17-3-1-2-15(10-17)19(23)21-16-8-9-16/h1-7,10,16,18,22H,8-9,12H2,(H,21,23). The van der Waals surface area contributed by atoms with Crippen molar-refractivity contribution < 1.29 is 14.6 Å². The second-order valence-electron chi connectivity index (χ2n) is 5.84. The largest absolute Gasteiger partial charge is 0.491 e. The lowest BCUT2D eigenvalue weighted by Crippen LogP contribution is -2.25. The highest BCUT2D eigenvalue weighted by molar-refractivity contribution is 5.94. The first-order chi connectivity index (χ1) is 11.7. The number of carbonyl (C=O) groups is 1. The lowest BCUT2D eigenvalue weighted by molar-refractivity contribution is 0.0949. The van der Waals surface area contributed by atoms with Crippen LogP contribution in [0.3, 0.4) is 0 Å². The zero-order chi connectivity index (χ0) is 16.9. The number of aliphatic hydroxyl groups is 1. The van der Waals surface area contributed by atoms with Crippen LogP contribution in [0.1, 0.15) is 40.4 Å². The van der Waals surface area contributed by atoms with Crippen LogP contribution >= 0.6 is 0 Å². The molecule has 122 valence electrons. The second-order valence-corrected chi connectivity index (χ2v) is 5.84. The topological polar surface area (TPSA) is 82.3 Å². The summed E-state index contributed by atoms with van der Waals surface area (Å²) >= 11 is 0. The zero-order valence-electron chi connectivity index (χ0n) is 13.1. The van der Waals surface area contributed by atoms with Crippen LogP contribution in [0.5, 0.6) is 5.75 Å². The van der Waals surface area contributed by atoms with Gasteiger partial charge in [0, 0.05) is 11.6 Å². The van der Waals surface area contributed by atoms with Gasteiger partial charge in [-0.2, -0.15) is 5.26 Å². The Hall–Kier alpha value is -2.84. The van der Waals surface area contributed by atoms with E-state index in [2.05, 4.69) is 5.32 Å². The van der Waals surface area contributed by atoms with Crippen molar-refractivity contribution in [2.45, 2.75) is 25.0 Å². The van der Waals surface area contributed by atoms with Gasteiger partial charge >= 0.3 is 0 Å². The quantitative estimate of drug-likeness (QED) is 0.856. The molecule has 5 nitrogen and oxygen atoms in total. The lowest BCUT2D eigenvalue weighted by Gasteiger charge is -2.13. The third kappa shape index (κ3) is 4.12. The van der Waals surface area contributed by atoms with Crippen LogP contribution in [0.4, 0.5) is 0 Å². The molecule has 1 aliphatic rings. The van der Waals surface area contributed by atoms with Crippen molar-refractivity contribution in [3.63, 3.8) is 0 Å². The van der Waals surface area contributed by atoms with Crippen LogP contribution in [-0.4, -0.2) is 23.7 Å². The summed E-state index contributed by atoms with van der Waals surface area (Å²) in [7, 11) is 0. The van der Waals surface area contributed by atoms with Crippen molar-refractivity contribution >= 4 is 5.91 Å². The molecule has 0 spiro atoms. The highest BCUT2D eigenvalue weighted by Crippen LogP contribution is 2.21. The molecule has 3 rings (SSSR count). The minimum Gasteiger partial charge on any atom is -0.491 e. The van der Waals surface area contributed by atoms with E-state index in [1.165, 1.54) is 0 Å². The maximum absolute atomic E-state index is 12.0. The molecule has 5 heteroatoms. The van der Waals surface area contributed by atoms with E-state index >= 15 is 0 Å². The lowest BCUT2D eigenvalue weighted by atomic mass is 10.1. The Morgan fingerprint density at radius 2 is 2.04 bits per heavy atom. The zero-order valence-corrected chi connectivity index (χ0v) is 13.1. The number of nitrogens with one attached hydrogen (secondary N) is 1. The van der Waals surface area contributed by atoms with E-state index in [0.717, 1.165) is 12.8 Å². The van der Waals surface area contributed by atoms with Gasteiger partial charge in [-0.1, -0.05) is 18.2 Å². The SMILES string of the molecule is N#Cc1ccc(C(O)COc2cccc(C(=O)NC3CC3)c2)cc1. The fourth-order valence-corrected chi connectivity index (χ4v) is 2.27. The molecular weight excluding hydrogens is 304 g/mol. The number of carbonyl (C=O) groups excluding carboxylic acids is 1. The van der Waals surface area contributed by atoms with Gasteiger partial charge in [0.2, 0.25) is 0 Å². The van der Waals surface area contributed by atoms with E-state index in [1.54, 1.807) is 48.5 Å². The molecule has 2 aromatic rings. The van der Waals surface area contributed by atoms with Crippen LogP contribution in [0.25, 0.3) is 0 Å². The molecule has 0 saturated heterocycles. The highest BCUT2D eigenvalue weighted by Gasteiger charge is 2.23. The number of rotatable bonds is 6. The van der Waals surface area contributed by atoms with E-state index in [9.17, 15) is 9.90 Å².